The highest BCUT2D eigenvalue weighted by molar-refractivity contribution is 8.00. The van der Waals surface area contributed by atoms with Crippen molar-refractivity contribution in [3.05, 3.63) is 58.7 Å². The summed E-state index contributed by atoms with van der Waals surface area (Å²) in [6.07, 6.45) is 1.58. The minimum Gasteiger partial charge on any atom is -0.431 e. The monoisotopic (exact) mass is 362 g/mol. The molecule has 0 aliphatic rings. The summed E-state index contributed by atoms with van der Waals surface area (Å²) in [5.74, 6) is 0.169. The van der Waals surface area contributed by atoms with Crippen LogP contribution in [0, 0.1) is 5.82 Å². The molecule has 1 atom stereocenters. The number of hydrogen-bond donors (Lipinski definition) is 1. The van der Waals surface area contributed by atoms with Gasteiger partial charge >= 0.3 is 0 Å². The van der Waals surface area contributed by atoms with Gasteiger partial charge < -0.3 is 9.73 Å². The van der Waals surface area contributed by atoms with Crippen LogP contribution in [0.3, 0.4) is 0 Å². The lowest BCUT2D eigenvalue weighted by atomic mass is 10.2. The summed E-state index contributed by atoms with van der Waals surface area (Å²) in [5.41, 5.74) is 0.741. The fourth-order valence-corrected chi connectivity index (χ4v) is 3.38. The molecule has 24 heavy (non-hydrogen) atoms. The lowest BCUT2D eigenvalue weighted by Gasteiger charge is -2.09. The molecule has 2 aromatic heterocycles. The molecule has 0 saturated heterocycles. The Labute approximate surface area is 147 Å². The Hall–Kier alpha value is -2.12. The van der Waals surface area contributed by atoms with Crippen LogP contribution < -0.4 is 5.32 Å². The summed E-state index contributed by atoms with van der Waals surface area (Å²) in [6.45, 7) is 2.32. The van der Waals surface area contributed by atoms with Crippen molar-refractivity contribution in [2.45, 2.75) is 23.9 Å². The molecule has 0 aliphatic heterocycles. The smallest absolute Gasteiger partial charge is 0.256 e. The number of aromatic nitrogens is 1. The molecular formula is C17H15FN2O2S2. The topological polar surface area (TPSA) is 55.1 Å². The molecule has 0 aliphatic carbocycles. The largest absolute Gasteiger partial charge is 0.431 e. The zero-order valence-corrected chi connectivity index (χ0v) is 14.5. The van der Waals surface area contributed by atoms with Gasteiger partial charge in [-0.15, -0.1) is 11.3 Å². The van der Waals surface area contributed by atoms with Gasteiger partial charge in [0, 0.05) is 10.4 Å². The van der Waals surface area contributed by atoms with Crippen LogP contribution in [0.4, 0.5) is 4.39 Å². The maximum Gasteiger partial charge on any atom is 0.256 e. The molecule has 2 heterocycles. The molecule has 0 unspecified atom stereocenters. The average Bonchev–Trinajstić information content (AvgIpc) is 3.25. The fourth-order valence-electron chi connectivity index (χ4n) is 2.00. The summed E-state index contributed by atoms with van der Waals surface area (Å²) in [4.78, 5) is 17.4. The minimum absolute atomic E-state index is 0.0741. The van der Waals surface area contributed by atoms with Crippen molar-refractivity contribution in [3.8, 4) is 11.3 Å². The first kappa shape index (κ1) is 16.7. The van der Waals surface area contributed by atoms with Gasteiger partial charge in [0.1, 0.15) is 5.82 Å². The van der Waals surface area contributed by atoms with Gasteiger partial charge in [0.25, 0.3) is 5.22 Å². The van der Waals surface area contributed by atoms with Crippen LogP contribution >= 0.6 is 23.1 Å². The number of thiophene rings is 1. The molecule has 1 amide bonds. The van der Waals surface area contributed by atoms with Gasteiger partial charge in [-0.1, -0.05) is 17.8 Å². The van der Waals surface area contributed by atoms with E-state index in [2.05, 4.69) is 10.3 Å². The number of benzene rings is 1. The quantitative estimate of drug-likeness (QED) is 0.663. The van der Waals surface area contributed by atoms with E-state index in [9.17, 15) is 9.18 Å². The Morgan fingerprint density at radius 1 is 1.38 bits per heavy atom. The number of carbonyl (C=O) groups is 1. The number of oxazole rings is 1. The number of hydrogen-bond acceptors (Lipinski definition) is 5. The van der Waals surface area contributed by atoms with E-state index in [1.54, 1.807) is 36.6 Å². The first-order valence-electron chi connectivity index (χ1n) is 7.30. The molecule has 0 spiro atoms. The van der Waals surface area contributed by atoms with E-state index in [4.69, 9.17) is 4.42 Å². The SMILES string of the molecule is C[C@H](Sc1ncc(-c2ccc(F)cc2)o1)C(=O)NCc1cccs1. The van der Waals surface area contributed by atoms with Crippen molar-refractivity contribution in [3.63, 3.8) is 0 Å². The minimum atomic E-state index is -0.329. The van der Waals surface area contributed by atoms with E-state index >= 15 is 0 Å². The van der Waals surface area contributed by atoms with Crippen molar-refractivity contribution in [2.75, 3.05) is 0 Å². The Bertz CT molecular complexity index is 800. The second-order valence-corrected chi connectivity index (χ2v) is 7.38. The third kappa shape index (κ3) is 4.24. The van der Waals surface area contributed by atoms with Gasteiger partial charge in [-0.3, -0.25) is 4.79 Å². The van der Waals surface area contributed by atoms with E-state index in [1.807, 2.05) is 17.5 Å². The lowest BCUT2D eigenvalue weighted by Crippen LogP contribution is -2.30. The first-order valence-corrected chi connectivity index (χ1v) is 9.06. The highest BCUT2D eigenvalue weighted by atomic mass is 32.2. The number of halogens is 1. The molecule has 0 fully saturated rings. The summed E-state index contributed by atoms with van der Waals surface area (Å²) in [5, 5.41) is 4.95. The molecule has 3 rings (SSSR count). The van der Waals surface area contributed by atoms with E-state index in [0.29, 0.717) is 17.5 Å². The molecule has 0 saturated carbocycles. The average molecular weight is 362 g/mol. The molecule has 3 aromatic rings. The van der Waals surface area contributed by atoms with Gasteiger partial charge in [-0.25, -0.2) is 9.37 Å². The molecule has 4 nitrogen and oxygen atoms in total. The molecule has 1 aromatic carbocycles. The lowest BCUT2D eigenvalue weighted by molar-refractivity contribution is -0.120. The highest BCUT2D eigenvalue weighted by Crippen LogP contribution is 2.28. The maximum absolute atomic E-state index is 12.9. The normalized spacial score (nSPS) is 12.1. The number of thioether (sulfide) groups is 1. The third-order valence-corrected chi connectivity index (χ3v) is 5.11. The number of nitrogens with zero attached hydrogens (tertiary/aromatic N) is 1. The van der Waals surface area contributed by atoms with Crippen LogP contribution in [0.1, 0.15) is 11.8 Å². The fraction of sp³-hybridized carbons (Fsp3) is 0.176. The molecule has 0 radical (unpaired) electrons. The van der Waals surface area contributed by atoms with Gasteiger partial charge in [0.15, 0.2) is 5.76 Å². The molecule has 124 valence electrons. The van der Waals surface area contributed by atoms with Gasteiger partial charge in [0.05, 0.1) is 18.0 Å². The highest BCUT2D eigenvalue weighted by Gasteiger charge is 2.17. The Morgan fingerprint density at radius 2 is 2.17 bits per heavy atom. The van der Waals surface area contributed by atoms with Gasteiger partial charge in [0.2, 0.25) is 5.91 Å². The number of amides is 1. The van der Waals surface area contributed by atoms with Crippen molar-refractivity contribution < 1.29 is 13.6 Å². The van der Waals surface area contributed by atoms with Crippen molar-refractivity contribution >= 4 is 29.0 Å². The zero-order valence-electron chi connectivity index (χ0n) is 12.9. The van der Waals surface area contributed by atoms with Crippen LogP contribution in [0.15, 0.2) is 57.6 Å². The van der Waals surface area contributed by atoms with Crippen LogP contribution in [-0.2, 0) is 11.3 Å². The first-order chi connectivity index (χ1) is 11.6. The van der Waals surface area contributed by atoms with E-state index < -0.39 is 0 Å². The Balaban J connectivity index is 1.57. The van der Waals surface area contributed by atoms with Crippen LogP contribution in [0.25, 0.3) is 11.3 Å². The molecule has 1 N–H and O–H groups in total. The predicted octanol–water partition coefficient (Wildman–Crippen LogP) is 4.34. The summed E-state index contributed by atoms with van der Waals surface area (Å²) in [6, 6.07) is 9.92. The van der Waals surface area contributed by atoms with Crippen molar-refractivity contribution in [2.24, 2.45) is 0 Å². The molecule has 7 heteroatoms. The summed E-state index contributed by atoms with van der Waals surface area (Å²) in [7, 11) is 0. The predicted molar refractivity (Wildman–Crippen MR) is 93.4 cm³/mol. The maximum atomic E-state index is 12.9. The summed E-state index contributed by atoms with van der Waals surface area (Å²) < 4.78 is 18.6. The number of rotatable bonds is 6. The van der Waals surface area contributed by atoms with Crippen LogP contribution in [0.5, 0.6) is 0 Å². The number of nitrogens with one attached hydrogen (secondary N) is 1. The second-order valence-electron chi connectivity index (χ2n) is 5.05. The number of carbonyl (C=O) groups excluding carboxylic acids is 1. The van der Waals surface area contributed by atoms with Gasteiger partial charge in [-0.05, 0) is 42.6 Å². The Kier molecular flexibility index (Phi) is 5.32. The van der Waals surface area contributed by atoms with Crippen molar-refractivity contribution in [1.29, 1.82) is 0 Å². The molecule has 0 bridgehead atoms. The standard InChI is InChI=1S/C17H15FN2O2S2/c1-11(16(21)19-9-14-3-2-8-23-14)24-17-20-10-15(22-17)12-4-6-13(18)7-5-12/h2-8,10-11H,9H2,1H3,(H,19,21)/t11-/m0/s1. The van der Waals surface area contributed by atoms with Crippen LogP contribution in [0.2, 0.25) is 0 Å². The van der Waals surface area contributed by atoms with Crippen molar-refractivity contribution in [1.82, 2.24) is 10.3 Å². The van der Waals surface area contributed by atoms with Gasteiger partial charge in [-0.2, -0.15) is 0 Å². The Morgan fingerprint density at radius 3 is 2.88 bits per heavy atom. The van der Waals surface area contributed by atoms with E-state index in [1.165, 1.54) is 23.9 Å². The second kappa shape index (κ2) is 7.63. The van der Waals surface area contributed by atoms with Crippen LogP contribution in [-0.4, -0.2) is 16.1 Å². The summed E-state index contributed by atoms with van der Waals surface area (Å²) >= 11 is 2.85. The van der Waals surface area contributed by atoms with E-state index in [-0.39, 0.29) is 17.0 Å². The van der Waals surface area contributed by atoms with E-state index in [0.717, 1.165) is 10.4 Å². The molecular weight excluding hydrogens is 347 g/mol. The third-order valence-electron chi connectivity index (χ3n) is 3.28. The zero-order chi connectivity index (χ0) is 16.9.